The first kappa shape index (κ1) is 15.7. The highest BCUT2D eigenvalue weighted by atomic mass is 31.2. The number of fused-ring (bicyclic) bond motifs is 2. The van der Waals surface area contributed by atoms with Crippen LogP contribution >= 0.6 is 7.60 Å². The molecule has 0 fully saturated rings. The van der Waals surface area contributed by atoms with E-state index in [9.17, 15) is 4.57 Å². The lowest BCUT2D eigenvalue weighted by Gasteiger charge is -2.04. The van der Waals surface area contributed by atoms with Crippen LogP contribution in [0.4, 0.5) is 0 Å². The summed E-state index contributed by atoms with van der Waals surface area (Å²) in [5, 5.41) is 5.25. The average Bonchev–Trinajstić information content (AvgIpc) is 2.44. The molecule has 110 valence electrons. The maximum atomic E-state index is 10.0. The molecule has 0 aliphatic heterocycles. The number of rotatable bonds is 1. The third-order valence-corrected chi connectivity index (χ3v) is 4.63. The van der Waals surface area contributed by atoms with Crippen molar-refractivity contribution in [2.75, 3.05) is 0 Å². The van der Waals surface area contributed by atoms with Crippen molar-refractivity contribution in [1.29, 1.82) is 0 Å². The fraction of sp³-hybridized carbons (Fsp3) is 0.176. The van der Waals surface area contributed by atoms with Gasteiger partial charge in [0.2, 0.25) is 0 Å². The summed E-state index contributed by atoms with van der Waals surface area (Å²) < 4.78 is 10.0. The average molecular weight is 302 g/mol. The van der Waals surface area contributed by atoms with E-state index in [0.717, 1.165) is 0 Å². The Balaban J connectivity index is 0.000000199. The van der Waals surface area contributed by atoms with Crippen molar-refractivity contribution in [1.82, 2.24) is 0 Å². The Morgan fingerprint density at radius 1 is 0.762 bits per heavy atom. The summed E-state index contributed by atoms with van der Waals surface area (Å²) in [6.45, 7) is 2.97. The Morgan fingerprint density at radius 2 is 1.00 bits per heavy atom. The highest BCUT2D eigenvalue weighted by Crippen LogP contribution is 2.39. The molecule has 3 aromatic carbocycles. The molecule has 0 bridgehead atoms. The predicted molar refractivity (Wildman–Crippen MR) is 88.6 cm³/mol. The van der Waals surface area contributed by atoms with E-state index < -0.39 is 13.3 Å². The van der Waals surface area contributed by atoms with Crippen LogP contribution in [0.2, 0.25) is 0 Å². The van der Waals surface area contributed by atoms with Gasteiger partial charge in [-0.15, -0.1) is 0 Å². The van der Waals surface area contributed by atoms with Gasteiger partial charge in [-0.1, -0.05) is 62.4 Å². The van der Waals surface area contributed by atoms with Crippen LogP contribution in [-0.2, 0) is 4.57 Å². The molecule has 21 heavy (non-hydrogen) atoms. The van der Waals surface area contributed by atoms with Crippen molar-refractivity contribution >= 4 is 29.1 Å². The SMILES string of the molecule is CC(C)P(=O)(O)O.c1ccc2cc3ccccc3cc2c1. The highest BCUT2D eigenvalue weighted by molar-refractivity contribution is 7.52. The topological polar surface area (TPSA) is 57.5 Å². The van der Waals surface area contributed by atoms with Crippen molar-refractivity contribution in [3.63, 3.8) is 0 Å². The minimum atomic E-state index is -3.74. The fourth-order valence-corrected chi connectivity index (χ4v) is 1.88. The molecule has 2 N–H and O–H groups in total. The van der Waals surface area contributed by atoms with Crippen LogP contribution in [0.25, 0.3) is 21.5 Å². The zero-order chi connectivity index (χ0) is 15.5. The summed E-state index contributed by atoms with van der Waals surface area (Å²) in [4.78, 5) is 16.4. The first-order valence-corrected chi connectivity index (χ1v) is 8.49. The molecule has 0 aliphatic carbocycles. The van der Waals surface area contributed by atoms with Crippen LogP contribution in [0.1, 0.15) is 13.8 Å². The van der Waals surface area contributed by atoms with Crippen LogP contribution in [0.15, 0.2) is 60.7 Å². The number of benzene rings is 3. The van der Waals surface area contributed by atoms with Gasteiger partial charge in [-0.05, 0) is 33.7 Å². The molecule has 3 nitrogen and oxygen atoms in total. The molecule has 0 aromatic heterocycles. The quantitative estimate of drug-likeness (QED) is 0.511. The van der Waals surface area contributed by atoms with Crippen LogP contribution in [0.5, 0.6) is 0 Å². The summed E-state index contributed by atoms with van der Waals surface area (Å²) in [7, 11) is -3.74. The molecule has 0 aliphatic rings. The van der Waals surface area contributed by atoms with Gasteiger partial charge in [-0.3, -0.25) is 4.57 Å². The van der Waals surface area contributed by atoms with E-state index in [2.05, 4.69) is 60.7 Å². The van der Waals surface area contributed by atoms with Crippen molar-refractivity contribution in [2.45, 2.75) is 19.5 Å². The lowest BCUT2D eigenvalue weighted by atomic mass is 10.0. The second-order valence-corrected chi connectivity index (χ2v) is 7.44. The number of hydrogen-bond acceptors (Lipinski definition) is 1. The molecular formula is C17H19O3P. The van der Waals surface area contributed by atoms with E-state index in [0.29, 0.717) is 0 Å². The normalized spacial score (nSPS) is 11.5. The van der Waals surface area contributed by atoms with Gasteiger partial charge in [0, 0.05) is 0 Å². The monoisotopic (exact) mass is 302 g/mol. The van der Waals surface area contributed by atoms with Gasteiger partial charge in [-0.2, -0.15) is 0 Å². The maximum Gasteiger partial charge on any atom is 0.328 e. The molecule has 4 heteroatoms. The first-order chi connectivity index (χ1) is 9.88. The smallest absolute Gasteiger partial charge is 0.324 e. The summed E-state index contributed by atoms with van der Waals surface area (Å²) in [5.41, 5.74) is -0.535. The zero-order valence-electron chi connectivity index (χ0n) is 12.1. The van der Waals surface area contributed by atoms with E-state index in [1.165, 1.54) is 35.4 Å². The molecule has 0 radical (unpaired) electrons. The predicted octanol–water partition coefficient (Wildman–Crippen LogP) is 4.57. The number of hydrogen-bond donors (Lipinski definition) is 2. The van der Waals surface area contributed by atoms with Crippen molar-refractivity contribution < 1.29 is 14.4 Å². The largest absolute Gasteiger partial charge is 0.328 e. The van der Waals surface area contributed by atoms with Crippen molar-refractivity contribution in [2.24, 2.45) is 0 Å². The Kier molecular flexibility index (Phi) is 4.79. The van der Waals surface area contributed by atoms with E-state index >= 15 is 0 Å². The Morgan fingerprint density at radius 3 is 1.19 bits per heavy atom. The van der Waals surface area contributed by atoms with E-state index in [4.69, 9.17) is 9.79 Å². The van der Waals surface area contributed by atoms with Crippen LogP contribution in [0, 0.1) is 0 Å². The molecule has 3 aromatic rings. The second kappa shape index (κ2) is 6.40. The third-order valence-electron chi connectivity index (χ3n) is 3.29. The van der Waals surface area contributed by atoms with E-state index in [-0.39, 0.29) is 0 Å². The third kappa shape index (κ3) is 4.15. The first-order valence-electron chi connectivity index (χ1n) is 6.80. The summed E-state index contributed by atoms with van der Waals surface area (Å²) >= 11 is 0. The van der Waals surface area contributed by atoms with Gasteiger partial charge in [-0.25, -0.2) is 0 Å². The molecule has 0 amide bonds. The maximum absolute atomic E-state index is 10.0. The van der Waals surface area contributed by atoms with Crippen LogP contribution in [0.3, 0.4) is 0 Å². The van der Waals surface area contributed by atoms with Crippen molar-refractivity contribution in [3.05, 3.63) is 60.7 Å². The summed E-state index contributed by atoms with van der Waals surface area (Å²) in [6, 6.07) is 21.4. The highest BCUT2D eigenvalue weighted by Gasteiger charge is 2.17. The van der Waals surface area contributed by atoms with Gasteiger partial charge in [0.1, 0.15) is 0 Å². The Hall–Kier alpha value is -1.67. The molecule has 0 spiro atoms. The van der Waals surface area contributed by atoms with Crippen LogP contribution in [-0.4, -0.2) is 15.4 Å². The lowest BCUT2D eigenvalue weighted by molar-refractivity contribution is 0.363. The van der Waals surface area contributed by atoms with Gasteiger partial charge < -0.3 is 9.79 Å². The molecule has 0 saturated heterocycles. The van der Waals surface area contributed by atoms with E-state index in [1.54, 1.807) is 0 Å². The summed E-state index contributed by atoms with van der Waals surface area (Å²) in [6.07, 6.45) is 0. The molecule has 0 heterocycles. The summed E-state index contributed by atoms with van der Waals surface area (Å²) in [5.74, 6) is 0. The lowest BCUT2D eigenvalue weighted by Crippen LogP contribution is -1.93. The van der Waals surface area contributed by atoms with Gasteiger partial charge in [0.25, 0.3) is 0 Å². The molecule has 0 saturated carbocycles. The zero-order valence-corrected chi connectivity index (χ0v) is 13.0. The Bertz CT molecular complexity index is 685. The molecule has 3 rings (SSSR count). The second-order valence-electron chi connectivity index (χ2n) is 5.23. The van der Waals surface area contributed by atoms with Crippen molar-refractivity contribution in [3.8, 4) is 0 Å². The molecular weight excluding hydrogens is 283 g/mol. The van der Waals surface area contributed by atoms with Crippen LogP contribution < -0.4 is 0 Å². The fourth-order valence-electron chi connectivity index (χ4n) is 1.88. The molecule has 0 atom stereocenters. The molecule has 0 unspecified atom stereocenters. The van der Waals surface area contributed by atoms with Gasteiger partial charge >= 0.3 is 7.60 Å². The minimum absolute atomic E-state index is 0.535. The van der Waals surface area contributed by atoms with Gasteiger partial charge in [0.05, 0.1) is 5.66 Å². The standard InChI is InChI=1S/C14H10.C3H9O3P/c1-2-6-12-10-14-8-4-3-7-13(14)9-11(12)5-1;1-3(2)7(4,5)6/h1-10H;3H,1-2H3,(H2,4,5,6). The minimum Gasteiger partial charge on any atom is -0.324 e. The van der Waals surface area contributed by atoms with Gasteiger partial charge in [0.15, 0.2) is 0 Å². The van der Waals surface area contributed by atoms with E-state index in [1.807, 2.05) is 0 Å². The Labute approximate surface area is 124 Å².